The molecule has 0 saturated heterocycles. The van der Waals surface area contributed by atoms with Gasteiger partial charge in [-0.15, -0.1) is 11.3 Å². The normalized spacial score (nSPS) is 16.1. The molecule has 1 atom stereocenters. The van der Waals surface area contributed by atoms with Crippen LogP contribution in [0.3, 0.4) is 0 Å². The highest BCUT2D eigenvalue weighted by atomic mass is 32.1. The fourth-order valence-corrected chi connectivity index (χ4v) is 4.29. The van der Waals surface area contributed by atoms with Crippen LogP contribution < -0.4 is 5.32 Å². The Bertz CT molecular complexity index is 970. The third-order valence-corrected chi connectivity index (χ3v) is 5.94. The Morgan fingerprint density at radius 3 is 2.75 bits per heavy atom. The molecule has 1 aliphatic heterocycles. The van der Waals surface area contributed by atoms with Gasteiger partial charge < -0.3 is 5.32 Å². The molecule has 0 unspecified atom stereocenters. The lowest BCUT2D eigenvalue weighted by atomic mass is 10.0. The summed E-state index contributed by atoms with van der Waals surface area (Å²) >= 11 is 7.29. The second-order valence-corrected chi connectivity index (χ2v) is 7.95. The number of nitrogens with zero attached hydrogens (tertiary/aromatic N) is 2. The van der Waals surface area contributed by atoms with E-state index in [4.69, 9.17) is 17.3 Å². The number of hydrazone groups is 1. The minimum absolute atomic E-state index is 0.107. The van der Waals surface area contributed by atoms with Crippen LogP contribution in [0.4, 0.5) is 4.39 Å². The average molecular weight is 410 g/mol. The number of nitrogens with one attached hydrogen (secondary N) is 1. The second kappa shape index (κ2) is 8.63. The van der Waals surface area contributed by atoms with Gasteiger partial charge >= 0.3 is 0 Å². The van der Waals surface area contributed by atoms with Crippen LogP contribution in [0.15, 0.2) is 77.2 Å². The van der Waals surface area contributed by atoms with Crippen molar-refractivity contribution in [1.82, 2.24) is 10.3 Å². The summed E-state index contributed by atoms with van der Waals surface area (Å²) in [5, 5.41) is 12.5. The van der Waals surface area contributed by atoms with E-state index in [2.05, 4.69) is 23.5 Å². The Hall–Kier alpha value is -2.57. The first-order valence-electron chi connectivity index (χ1n) is 9.18. The maximum absolute atomic E-state index is 13.8. The molecule has 142 valence electrons. The topological polar surface area (TPSA) is 27.6 Å². The van der Waals surface area contributed by atoms with Crippen LogP contribution in [-0.2, 0) is 6.42 Å². The van der Waals surface area contributed by atoms with Gasteiger partial charge in [0.05, 0.1) is 16.6 Å². The van der Waals surface area contributed by atoms with Crippen molar-refractivity contribution in [2.45, 2.75) is 18.9 Å². The van der Waals surface area contributed by atoms with E-state index in [-0.39, 0.29) is 11.9 Å². The van der Waals surface area contributed by atoms with E-state index < -0.39 is 0 Å². The van der Waals surface area contributed by atoms with Gasteiger partial charge in [0.2, 0.25) is 0 Å². The molecule has 0 aliphatic carbocycles. The van der Waals surface area contributed by atoms with E-state index in [9.17, 15) is 4.39 Å². The summed E-state index contributed by atoms with van der Waals surface area (Å²) in [6.45, 7) is 0.721. The van der Waals surface area contributed by atoms with Crippen LogP contribution in [0.2, 0.25) is 0 Å². The van der Waals surface area contributed by atoms with Gasteiger partial charge in [-0.3, -0.25) is 0 Å². The van der Waals surface area contributed by atoms with Crippen LogP contribution in [0.5, 0.6) is 0 Å². The Labute approximate surface area is 173 Å². The zero-order valence-corrected chi connectivity index (χ0v) is 16.8. The van der Waals surface area contributed by atoms with Gasteiger partial charge in [0.25, 0.3) is 0 Å². The maximum atomic E-state index is 13.8. The molecular formula is C22H20FN3S2. The van der Waals surface area contributed by atoms with E-state index in [0.717, 1.165) is 29.1 Å². The van der Waals surface area contributed by atoms with Gasteiger partial charge in [-0.2, -0.15) is 5.10 Å². The Morgan fingerprint density at radius 2 is 2.00 bits per heavy atom. The molecule has 3 aromatic rings. The van der Waals surface area contributed by atoms with E-state index in [1.165, 1.54) is 11.6 Å². The molecule has 0 radical (unpaired) electrons. The first-order valence-corrected chi connectivity index (χ1v) is 10.5. The summed E-state index contributed by atoms with van der Waals surface area (Å²) < 4.78 is 13.8. The predicted octanol–water partition coefficient (Wildman–Crippen LogP) is 5.16. The number of benzene rings is 2. The highest BCUT2D eigenvalue weighted by Gasteiger charge is 2.31. The third-order valence-electron chi connectivity index (χ3n) is 4.69. The van der Waals surface area contributed by atoms with Crippen molar-refractivity contribution in [1.29, 1.82) is 0 Å². The Kier molecular flexibility index (Phi) is 5.78. The zero-order chi connectivity index (χ0) is 19.3. The van der Waals surface area contributed by atoms with Crippen molar-refractivity contribution in [2.75, 3.05) is 6.54 Å². The third kappa shape index (κ3) is 4.29. The first-order chi connectivity index (χ1) is 13.7. The fourth-order valence-electron chi connectivity index (χ4n) is 3.30. The maximum Gasteiger partial charge on any atom is 0.190 e. The van der Waals surface area contributed by atoms with Gasteiger partial charge in [0, 0.05) is 13.0 Å². The van der Waals surface area contributed by atoms with Crippen molar-refractivity contribution < 1.29 is 4.39 Å². The van der Waals surface area contributed by atoms with Gasteiger partial charge in [-0.1, -0.05) is 48.5 Å². The SMILES string of the molecule is Fc1cccc([C@H]2CC(c3cccs3)=NN2C(=S)NCCc2ccccc2)c1. The minimum Gasteiger partial charge on any atom is -0.361 e. The van der Waals surface area contributed by atoms with Crippen LogP contribution in [0, 0.1) is 5.82 Å². The lowest BCUT2D eigenvalue weighted by molar-refractivity contribution is 0.363. The van der Waals surface area contributed by atoms with Crippen molar-refractivity contribution in [3.63, 3.8) is 0 Å². The Balaban J connectivity index is 1.50. The van der Waals surface area contributed by atoms with Gasteiger partial charge in [-0.05, 0) is 53.3 Å². The van der Waals surface area contributed by atoms with Crippen molar-refractivity contribution in [2.24, 2.45) is 5.10 Å². The monoisotopic (exact) mass is 409 g/mol. The zero-order valence-electron chi connectivity index (χ0n) is 15.2. The molecule has 2 aromatic carbocycles. The van der Waals surface area contributed by atoms with Crippen LogP contribution in [0.25, 0.3) is 0 Å². The van der Waals surface area contributed by atoms with Crippen LogP contribution >= 0.6 is 23.6 Å². The average Bonchev–Trinajstić information content (AvgIpc) is 3.38. The van der Waals surface area contributed by atoms with E-state index in [1.807, 2.05) is 40.7 Å². The molecule has 1 aromatic heterocycles. The summed E-state index contributed by atoms with van der Waals surface area (Å²) in [6.07, 6.45) is 1.57. The highest BCUT2D eigenvalue weighted by molar-refractivity contribution is 7.80. The molecule has 3 nitrogen and oxygen atoms in total. The molecule has 4 rings (SSSR count). The molecule has 1 N–H and O–H groups in total. The number of hydrogen-bond donors (Lipinski definition) is 1. The molecule has 1 aliphatic rings. The van der Waals surface area contributed by atoms with Crippen molar-refractivity contribution in [3.05, 3.63) is 93.9 Å². The van der Waals surface area contributed by atoms with Crippen LogP contribution in [0.1, 0.15) is 28.5 Å². The van der Waals surface area contributed by atoms with Gasteiger partial charge in [0.15, 0.2) is 5.11 Å². The number of rotatable bonds is 5. The highest BCUT2D eigenvalue weighted by Crippen LogP contribution is 2.34. The molecule has 6 heteroatoms. The van der Waals surface area contributed by atoms with Crippen LogP contribution in [-0.4, -0.2) is 22.4 Å². The Morgan fingerprint density at radius 1 is 1.14 bits per heavy atom. The lowest BCUT2D eigenvalue weighted by Crippen LogP contribution is -2.37. The summed E-state index contributed by atoms with van der Waals surface area (Å²) in [4.78, 5) is 1.12. The standard InChI is InChI=1S/C22H20FN3S2/c23-18-9-4-8-17(14-18)20-15-19(21-10-5-13-28-21)25-26(20)22(27)24-12-11-16-6-2-1-3-7-16/h1-10,13-14,20H,11-12,15H2,(H,24,27)/t20-/m1/s1. The summed E-state index contributed by atoms with van der Waals surface area (Å²) in [5.41, 5.74) is 3.11. The molecule has 0 fully saturated rings. The molecule has 0 bridgehead atoms. The molecule has 28 heavy (non-hydrogen) atoms. The summed E-state index contributed by atoms with van der Waals surface area (Å²) in [7, 11) is 0. The van der Waals surface area contributed by atoms with Gasteiger partial charge in [0.1, 0.15) is 5.82 Å². The van der Waals surface area contributed by atoms with Crippen molar-refractivity contribution in [3.8, 4) is 0 Å². The fraction of sp³-hybridized carbons (Fsp3) is 0.182. The first kappa shape index (κ1) is 18.8. The number of halogens is 1. The minimum atomic E-state index is -0.245. The molecule has 0 saturated carbocycles. The molecule has 2 heterocycles. The summed E-state index contributed by atoms with van der Waals surface area (Å²) in [6, 6.07) is 20.9. The second-order valence-electron chi connectivity index (χ2n) is 6.61. The van der Waals surface area contributed by atoms with Crippen molar-refractivity contribution >= 4 is 34.4 Å². The van der Waals surface area contributed by atoms with Gasteiger partial charge in [-0.25, -0.2) is 9.40 Å². The van der Waals surface area contributed by atoms with E-state index in [0.29, 0.717) is 11.5 Å². The predicted molar refractivity (Wildman–Crippen MR) is 117 cm³/mol. The molecule has 0 spiro atoms. The quantitative estimate of drug-likeness (QED) is 0.590. The number of thiocarbonyl (C=S) groups is 1. The number of hydrogen-bond acceptors (Lipinski definition) is 3. The molecular weight excluding hydrogens is 389 g/mol. The number of thiophene rings is 1. The van der Waals surface area contributed by atoms with E-state index >= 15 is 0 Å². The molecule has 0 amide bonds. The van der Waals surface area contributed by atoms with E-state index in [1.54, 1.807) is 23.5 Å². The largest absolute Gasteiger partial charge is 0.361 e. The smallest absolute Gasteiger partial charge is 0.190 e. The lowest BCUT2D eigenvalue weighted by Gasteiger charge is -2.25. The summed E-state index contributed by atoms with van der Waals surface area (Å²) in [5.74, 6) is -0.245.